The molecule has 3 heterocycles. The minimum atomic E-state index is -2.60. The number of hydrogen-bond acceptors (Lipinski definition) is 4. The number of carbonyl (C=O) groups is 1. The lowest BCUT2D eigenvalue weighted by Gasteiger charge is -2.41. The Labute approximate surface area is 189 Å². The van der Waals surface area contributed by atoms with Gasteiger partial charge in [-0.25, -0.2) is 9.78 Å². The van der Waals surface area contributed by atoms with Gasteiger partial charge in [-0.1, -0.05) is 30.3 Å². The number of amides is 1. The molecule has 0 spiro atoms. The van der Waals surface area contributed by atoms with Gasteiger partial charge in [-0.05, 0) is 50.3 Å². The molecule has 2 aliphatic heterocycles. The van der Waals surface area contributed by atoms with Crippen LogP contribution in [0, 0.1) is 0 Å². The van der Waals surface area contributed by atoms with Crippen molar-refractivity contribution in [3.63, 3.8) is 0 Å². The lowest BCUT2D eigenvalue weighted by molar-refractivity contribution is 0.198. The smallest absolute Gasteiger partial charge is 0.412 e. The van der Waals surface area contributed by atoms with Gasteiger partial charge < -0.3 is 9.67 Å². The predicted molar refractivity (Wildman–Crippen MR) is 128 cm³/mol. The average molecular weight is 456 g/mol. The number of carboxylic acid groups (broad SMARTS) is 1. The van der Waals surface area contributed by atoms with E-state index in [2.05, 4.69) is 16.7 Å². The topological polar surface area (TPSA) is 98.8 Å². The van der Waals surface area contributed by atoms with Crippen molar-refractivity contribution in [3.8, 4) is 0 Å². The number of aromatic nitrogens is 2. The Kier molecular flexibility index (Phi) is 5.39. The summed E-state index contributed by atoms with van der Waals surface area (Å²) in [5.41, 5.74) is 4.62. The van der Waals surface area contributed by atoms with Crippen molar-refractivity contribution in [3.05, 3.63) is 59.4 Å². The molecule has 5 rings (SSSR count). The molecule has 32 heavy (non-hydrogen) atoms. The molecule has 3 aromatic rings. The first-order valence-electron chi connectivity index (χ1n) is 11.2. The summed E-state index contributed by atoms with van der Waals surface area (Å²) in [5.74, 6) is 1.70. The Morgan fingerprint density at radius 3 is 2.66 bits per heavy atom. The van der Waals surface area contributed by atoms with Gasteiger partial charge in [0.1, 0.15) is 5.82 Å². The van der Waals surface area contributed by atoms with Gasteiger partial charge in [0.15, 0.2) is 0 Å². The molecule has 0 aliphatic carbocycles. The van der Waals surface area contributed by atoms with E-state index in [1.807, 2.05) is 37.3 Å². The van der Waals surface area contributed by atoms with Crippen LogP contribution in [0.2, 0.25) is 0 Å². The first-order valence-corrected chi connectivity index (χ1v) is 13.0. The van der Waals surface area contributed by atoms with E-state index in [0.717, 1.165) is 53.7 Å². The summed E-state index contributed by atoms with van der Waals surface area (Å²) in [6, 6.07) is 13.9. The summed E-state index contributed by atoms with van der Waals surface area (Å²) >= 11 is 0. The van der Waals surface area contributed by atoms with Gasteiger partial charge in [-0.2, -0.15) is 10.6 Å². The van der Waals surface area contributed by atoms with Gasteiger partial charge in [-0.15, -0.1) is 0 Å². The second kappa shape index (κ2) is 8.10. The van der Waals surface area contributed by atoms with Crippen LogP contribution in [-0.2, 0) is 12.8 Å². The van der Waals surface area contributed by atoms with E-state index in [1.54, 1.807) is 0 Å². The molecule has 1 aromatic heterocycles. The van der Waals surface area contributed by atoms with E-state index < -0.39 is 16.7 Å². The Morgan fingerprint density at radius 2 is 1.94 bits per heavy atom. The van der Waals surface area contributed by atoms with Crippen LogP contribution >= 0.6 is 10.6 Å². The maximum absolute atomic E-state index is 11.9. The van der Waals surface area contributed by atoms with Crippen molar-refractivity contribution in [1.29, 1.82) is 0 Å². The Balaban J connectivity index is 1.67. The van der Waals surface area contributed by atoms with Crippen molar-refractivity contribution in [2.75, 3.05) is 16.4 Å². The van der Waals surface area contributed by atoms with E-state index in [-0.39, 0.29) is 12.1 Å². The minimum absolute atomic E-state index is 0.0337. The number of anilines is 1. The third-order valence-corrected chi connectivity index (χ3v) is 8.63. The highest BCUT2D eigenvalue weighted by Gasteiger charge is 2.33. The van der Waals surface area contributed by atoms with Crippen molar-refractivity contribution < 1.29 is 19.0 Å². The number of hydrogen-bond donors (Lipinski definition) is 3. The SMILES string of the molecule is CC1CCc2c(ccc3c2nc(Cc2ccccc2)n3C2CCCS(O)(O)C2)N1C(=O)O. The molecule has 2 aromatic carbocycles. The van der Waals surface area contributed by atoms with Crippen LogP contribution in [0.15, 0.2) is 42.5 Å². The second-order valence-electron chi connectivity index (χ2n) is 9.00. The summed E-state index contributed by atoms with van der Waals surface area (Å²) in [4.78, 5) is 18.4. The predicted octanol–water partition coefficient (Wildman–Crippen LogP) is 5.53. The summed E-state index contributed by atoms with van der Waals surface area (Å²) in [5, 5.41) is 9.79. The van der Waals surface area contributed by atoms with Gasteiger partial charge in [0, 0.05) is 23.8 Å². The monoisotopic (exact) mass is 455 g/mol. The van der Waals surface area contributed by atoms with Crippen LogP contribution in [-0.4, -0.2) is 47.4 Å². The molecule has 0 radical (unpaired) electrons. The number of nitrogens with zero attached hydrogens (tertiary/aromatic N) is 3. The molecule has 8 heteroatoms. The molecule has 2 aliphatic rings. The van der Waals surface area contributed by atoms with Gasteiger partial charge in [0.05, 0.1) is 28.5 Å². The van der Waals surface area contributed by atoms with Crippen LogP contribution in [0.3, 0.4) is 0 Å². The van der Waals surface area contributed by atoms with Crippen LogP contribution in [0.25, 0.3) is 11.0 Å². The van der Waals surface area contributed by atoms with E-state index in [9.17, 15) is 19.0 Å². The van der Waals surface area contributed by atoms with Crippen LogP contribution in [0.5, 0.6) is 0 Å². The number of rotatable bonds is 3. The maximum atomic E-state index is 11.9. The molecule has 0 saturated carbocycles. The zero-order valence-electron chi connectivity index (χ0n) is 18.1. The molecule has 170 valence electrons. The highest BCUT2D eigenvalue weighted by atomic mass is 32.3. The van der Waals surface area contributed by atoms with Gasteiger partial charge in [0.25, 0.3) is 0 Å². The number of imidazole rings is 1. The third kappa shape index (κ3) is 3.76. The first-order chi connectivity index (χ1) is 15.3. The largest absolute Gasteiger partial charge is 0.465 e. The van der Waals surface area contributed by atoms with Crippen molar-refractivity contribution in [1.82, 2.24) is 9.55 Å². The Morgan fingerprint density at radius 1 is 1.16 bits per heavy atom. The standard InChI is InChI=1S/C24H29N3O4S/c1-16-9-10-19-20(26(16)24(28)29)11-12-21-23(19)25-22(14-17-6-3-2-4-7-17)27(21)18-8-5-13-32(30,31)15-18/h2-4,6-7,11-12,16,18,30-31H,5,8-10,13-15H2,1H3,(H,28,29). The summed E-state index contributed by atoms with van der Waals surface area (Å²) < 4.78 is 23.1. The first kappa shape index (κ1) is 21.3. The van der Waals surface area contributed by atoms with Gasteiger partial charge in [0.2, 0.25) is 0 Å². The third-order valence-electron chi connectivity index (χ3n) is 6.77. The van der Waals surface area contributed by atoms with Crippen molar-refractivity contribution >= 4 is 33.4 Å². The number of aryl methyl sites for hydroxylation is 1. The molecule has 1 amide bonds. The van der Waals surface area contributed by atoms with Gasteiger partial charge >= 0.3 is 6.09 Å². The lowest BCUT2D eigenvalue weighted by Crippen LogP contribution is -2.41. The number of fused-ring (bicyclic) bond motifs is 3. The highest BCUT2D eigenvalue weighted by molar-refractivity contribution is 8.24. The molecule has 2 atom stereocenters. The van der Waals surface area contributed by atoms with Gasteiger partial charge in [-0.3, -0.25) is 14.0 Å². The molecular formula is C24H29N3O4S. The summed E-state index contributed by atoms with van der Waals surface area (Å²) in [6.07, 6.45) is 2.87. The fraction of sp³-hybridized carbons (Fsp3) is 0.417. The molecule has 2 unspecified atom stereocenters. The fourth-order valence-corrected chi connectivity index (χ4v) is 7.00. The van der Waals surface area contributed by atoms with E-state index in [0.29, 0.717) is 23.6 Å². The Bertz CT molecular complexity index is 1160. The number of benzene rings is 2. The fourth-order valence-electron chi connectivity index (χ4n) is 5.28. The summed E-state index contributed by atoms with van der Waals surface area (Å²) in [7, 11) is -2.60. The molecule has 1 fully saturated rings. The molecule has 7 nitrogen and oxygen atoms in total. The van der Waals surface area contributed by atoms with E-state index in [1.165, 1.54) is 4.90 Å². The van der Waals surface area contributed by atoms with Crippen molar-refractivity contribution in [2.45, 2.75) is 51.1 Å². The minimum Gasteiger partial charge on any atom is -0.465 e. The summed E-state index contributed by atoms with van der Waals surface area (Å²) in [6.45, 7) is 1.94. The Hall–Kier alpha value is -2.55. The lowest BCUT2D eigenvalue weighted by atomic mass is 9.95. The van der Waals surface area contributed by atoms with Crippen LogP contribution in [0.4, 0.5) is 10.5 Å². The normalized spacial score (nSPS) is 23.7. The highest BCUT2D eigenvalue weighted by Crippen LogP contribution is 2.49. The van der Waals surface area contributed by atoms with Crippen LogP contribution < -0.4 is 4.90 Å². The van der Waals surface area contributed by atoms with E-state index >= 15 is 0 Å². The van der Waals surface area contributed by atoms with E-state index in [4.69, 9.17) is 4.98 Å². The second-order valence-corrected chi connectivity index (χ2v) is 11.3. The maximum Gasteiger partial charge on any atom is 0.412 e. The molecule has 0 bridgehead atoms. The average Bonchev–Trinajstić information content (AvgIpc) is 3.11. The van der Waals surface area contributed by atoms with Crippen LogP contribution in [0.1, 0.15) is 49.2 Å². The van der Waals surface area contributed by atoms with Crippen molar-refractivity contribution in [2.24, 2.45) is 0 Å². The quantitative estimate of drug-likeness (QED) is 0.482. The zero-order chi connectivity index (χ0) is 22.5. The molecule has 1 saturated heterocycles. The molecule has 3 N–H and O–H groups in total. The zero-order valence-corrected chi connectivity index (χ0v) is 19.0. The molecular weight excluding hydrogens is 426 g/mol.